The second-order valence-corrected chi connectivity index (χ2v) is 8.73. The Kier molecular flexibility index (Phi) is 5.43. The van der Waals surface area contributed by atoms with Gasteiger partial charge in [0.15, 0.2) is 9.84 Å². The first-order valence-electron chi connectivity index (χ1n) is 7.13. The van der Waals surface area contributed by atoms with E-state index in [2.05, 4.69) is 21.2 Å². The molecular weight excluding hydrogens is 354 g/mol. The van der Waals surface area contributed by atoms with Gasteiger partial charge in [-0.05, 0) is 31.0 Å². The molecule has 0 bridgehead atoms. The fourth-order valence-electron chi connectivity index (χ4n) is 2.54. The number of benzene rings is 1. The smallest absolute Gasteiger partial charge is 0.251 e. The zero-order valence-corrected chi connectivity index (χ0v) is 14.4. The Morgan fingerprint density at radius 3 is 2.67 bits per heavy atom. The van der Waals surface area contributed by atoms with E-state index >= 15 is 0 Å². The van der Waals surface area contributed by atoms with Crippen LogP contribution in [0.1, 0.15) is 42.5 Å². The number of rotatable bonds is 3. The van der Waals surface area contributed by atoms with E-state index in [1.807, 2.05) is 0 Å². The van der Waals surface area contributed by atoms with Gasteiger partial charge in [0.1, 0.15) is 0 Å². The predicted octanol–water partition coefficient (Wildman–Crippen LogP) is 2.92. The summed E-state index contributed by atoms with van der Waals surface area (Å²) in [5.74, 6) is -0.211. The first-order valence-corrected chi connectivity index (χ1v) is 9.94. The lowest BCUT2D eigenvalue weighted by Crippen LogP contribution is -2.40. The van der Waals surface area contributed by atoms with E-state index in [-0.39, 0.29) is 21.7 Å². The third kappa shape index (κ3) is 4.54. The maximum absolute atomic E-state index is 12.3. The first-order chi connectivity index (χ1) is 9.88. The number of halogens is 1. The van der Waals surface area contributed by atoms with Gasteiger partial charge >= 0.3 is 0 Å². The van der Waals surface area contributed by atoms with Crippen molar-refractivity contribution in [1.82, 2.24) is 5.32 Å². The zero-order chi connectivity index (χ0) is 15.5. The molecule has 2 atom stereocenters. The second-order valence-electron chi connectivity index (χ2n) is 5.53. The third-order valence-electron chi connectivity index (χ3n) is 3.77. The Morgan fingerprint density at radius 2 is 1.95 bits per heavy atom. The van der Waals surface area contributed by atoms with E-state index in [1.165, 1.54) is 25.0 Å². The van der Waals surface area contributed by atoms with E-state index in [1.54, 1.807) is 12.1 Å². The first kappa shape index (κ1) is 16.5. The number of carbonyl (C=O) groups is 1. The minimum atomic E-state index is -3.30. The number of hydrogen-bond donors (Lipinski definition) is 1. The van der Waals surface area contributed by atoms with Gasteiger partial charge in [0, 0.05) is 22.7 Å². The van der Waals surface area contributed by atoms with Gasteiger partial charge in [-0.15, -0.1) is 0 Å². The summed E-state index contributed by atoms with van der Waals surface area (Å²) in [6, 6.07) is 6.28. The van der Waals surface area contributed by atoms with Crippen molar-refractivity contribution in [3.63, 3.8) is 0 Å². The summed E-state index contributed by atoms with van der Waals surface area (Å²) in [5.41, 5.74) is 0.391. The molecule has 1 aromatic carbocycles. The van der Waals surface area contributed by atoms with E-state index in [4.69, 9.17) is 0 Å². The molecule has 0 spiro atoms. The topological polar surface area (TPSA) is 63.2 Å². The van der Waals surface area contributed by atoms with E-state index < -0.39 is 9.84 Å². The summed E-state index contributed by atoms with van der Waals surface area (Å²) in [6.07, 6.45) is 6.62. The summed E-state index contributed by atoms with van der Waals surface area (Å²) < 4.78 is 23.1. The SMILES string of the molecule is CS(=O)(=O)c1cccc(C(=O)NC2CCCCCC2Br)c1. The molecule has 0 saturated heterocycles. The van der Waals surface area contributed by atoms with Crippen LogP contribution in [0.25, 0.3) is 0 Å². The lowest BCUT2D eigenvalue weighted by atomic mass is 10.1. The van der Waals surface area contributed by atoms with Gasteiger partial charge < -0.3 is 5.32 Å². The number of sulfone groups is 1. The monoisotopic (exact) mass is 373 g/mol. The van der Waals surface area contributed by atoms with Crippen LogP contribution in [-0.4, -0.2) is 31.4 Å². The number of hydrogen-bond acceptors (Lipinski definition) is 3. The lowest BCUT2D eigenvalue weighted by molar-refractivity contribution is 0.0934. The fraction of sp³-hybridized carbons (Fsp3) is 0.533. The van der Waals surface area contributed by atoms with Crippen molar-refractivity contribution in [3.8, 4) is 0 Å². The van der Waals surface area contributed by atoms with Gasteiger partial charge in [0.05, 0.1) is 4.90 Å². The number of nitrogens with one attached hydrogen (secondary N) is 1. The van der Waals surface area contributed by atoms with Crippen LogP contribution in [0.2, 0.25) is 0 Å². The fourth-order valence-corrected chi connectivity index (χ4v) is 3.93. The molecular formula is C15H20BrNO3S. The van der Waals surface area contributed by atoms with Crippen molar-refractivity contribution in [1.29, 1.82) is 0 Å². The van der Waals surface area contributed by atoms with Gasteiger partial charge in [-0.3, -0.25) is 4.79 Å². The van der Waals surface area contributed by atoms with Crippen molar-refractivity contribution in [2.45, 2.75) is 47.9 Å². The van der Waals surface area contributed by atoms with Crippen LogP contribution in [0, 0.1) is 0 Å². The Labute approximate surface area is 134 Å². The number of amides is 1. The van der Waals surface area contributed by atoms with Gasteiger partial charge in [-0.25, -0.2) is 8.42 Å². The van der Waals surface area contributed by atoms with E-state index in [9.17, 15) is 13.2 Å². The van der Waals surface area contributed by atoms with Crippen LogP contribution in [0.15, 0.2) is 29.2 Å². The molecule has 1 aliphatic carbocycles. The molecule has 1 N–H and O–H groups in total. The molecule has 0 heterocycles. The molecule has 1 saturated carbocycles. The summed E-state index contributed by atoms with van der Waals surface area (Å²) >= 11 is 3.64. The second kappa shape index (κ2) is 6.92. The van der Waals surface area contributed by atoms with Crippen LogP contribution < -0.4 is 5.32 Å². The summed E-state index contributed by atoms with van der Waals surface area (Å²) in [6.45, 7) is 0. The van der Waals surface area contributed by atoms with Crippen molar-refractivity contribution in [2.24, 2.45) is 0 Å². The van der Waals surface area contributed by atoms with Crippen molar-refractivity contribution in [3.05, 3.63) is 29.8 Å². The highest BCUT2D eigenvalue weighted by molar-refractivity contribution is 9.09. The molecule has 1 fully saturated rings. The van der Waals surface area contributed by atoms with Crippen LogP contribution in [0.3, 0.4) is 0 Å². The molecule has 4 nitrogen and oxygen atoms in total. The Morgan fingerprint density at radius 1 is 1.24 bits per heavy atom. The normalized spacial score (nSPS) is 23.3. The van der Waals surface area contributed by atoms with Gasteiger partial charge in [-0.1, -0.05) is 41.3 Å². The lowest BCUT2D eigenvalue weighted by Gasteiger charge is -2.21. The number of carbonyl (C=O) groups excluding carboxylic acids is 1. The molecule has 0 radical (unpaired) electrons. The van der Waals surface area contributed by atoms with Gasteiger partial charge in [0.2, 0.25) is 0 Å². The molecule has 116 valence electrons. The minimum absolute atomic E-state index is 0.0990. The zero-order valence-electron chi connectivity index (χ0n) is 12.0. The largest absolute Gasteiger partial charge is 0.348 e. The molecule has 2 unspecified atom stereocenters. The van der Waals surface area contributed by atoms with Gasteiger partial charge in [0.25, 0.3) is 5.91 Å². The van der Waals surface area contributed by atoms with Crippen molar-refractivity contribution in [2.75, 3.05) is 6.26 Å². The Bertz CT molecular complexity index is 615. The molecule has 2 rings (SSSR count). The minimum Gasteiger partial charge on any atom is -0.348 e. The van der Waals surface area contributed by atoms with Crippen LogP contribution >= 0.6 is 15.9 Å². The average molecular weight is 374 g/mol. The van der Waals surface area contributed by atoms with Crippen LogP contribution in [0.5, 0.6) is 0 Å². The maximum atomic E-state index is 12.3. The molecule has 0 aliphatic heterocycles. The molecule has 1 aromatic rings. The average Bonchev–Trinajstić information content (AvgIpc) is 2.63. The summed E-state index contributed by atoms with van der Waals surface area (Å²) in [4.78, 5) is 12.8. The van der Waals surface area contributed by atoms with Crippen molar-refractivity contribution >= 4 is 31.7 Å². The van der Waals surface area contributed by atoms with Gasteiger partial charge in [-0.2, -0.15) is 0 Å². The molecule has 1 aliphatic rings. The standard InChI is InChI=1S/C15H20BrNO3S/c1-21(19,20)12-7-5-6-11(10-12)15(18)17-14-9-4-2-3-8-13(14)16/h5-7,10,13-14H,2-4,8-9H2,1H3,(H,17,18). The highest BCUT2D eigenvalue weighted by Gasteiger charge is 2.23. The number of alkyl halides is 1. The van der Waals surface area contributed by atoms with E-state index in [0.29, 0.717) is 5.56 Å². The highest BCUT2D eigenvalue weighted by Crippen LogP contribution is 2.24. The molecule has 0 aromatic heterocycles. The molecule has 21 heavy (non-hydrogen) atoms. The Balaban J connectivity index is 2.13. The molecule has 6 heteroatoms. The highest BCUT2D eigenvalue weighted by atomic mass is 79.9. The predicted molar refractivity (Wildman–Crippen MR) is 86.6 cm³/mol. The Hall–Kier alpha value is -0.880. The quantitative estimate of drug-likeness (QED) is 0.654. The van der Waals surface area contributed by atoms with Crippen molar-refractivity contribution < 1.29 is 13.2 Å². The van der Waals surface area contributed by atoms with Crippen LogP contribution in [0.4, 0.5) is 0 Å². The maximum Gasteiger partial charge on any atom is 0.251 e. The molecule has 1 amide bonds. The summed E-state index contributed by atoms with van der Waals surface area (Å²) in [5, 5.41) is 3.02. The third-order valence-corrected chi connectivity index (χ3v) is 5.98. The summed E-state index contributed by atoms with van der Waals surface area (Å²) in [7, 11) is -3.30. The van der Waals surface area contributed by atoms with E-state index in [0.717, 1.165) is 25.5 Å². The van der Waals surface area contributed by atoms with Crippen LogP contribution in [-0.2, 0) is 9.84 Å².